The molecule has 0 aliphatic carbocycles. The molecule has 4 aromatic rings. The van der Waals surface area contributed by atoms with Crippen LogP contribution in [0.5, 0.6) is 0 Å². The predicted octanol–water partition coefficient (Wildman–Crippen LogP) is 5.55. The van der Waals surface area contributed by atoms with Crippen molar-refractivity contribution in [2.45, 2.75) is 17.7 Å². The number of hydrogen-bond acceptors (Lipinski definition) is 6. The highest BCUT2D eigenvalue weighted by molar-refractivity contribution is 7.98. The minimum atomic E-state index is -0.227. The van der Waals surface area contributed by atoms with Crippen molar-refractivity contribution in [1.82, 2.24) is 15.0 Å². The summed E-state index contributed by atoms with van der Waals surface area (Å²) < 4.78 is 14.2. The molecule has 0 spiro atoms. The molecule has 0 saturated heterocycles. The number of aromatic nitrogens is 3. The van der Waals surface area contributed by atoms with Gasteiger partial charge in [-0.1, -0.05) is 23.9 Å². The number of rotatable bonds is 4. The topological polar surface area (TPSA) is 38.7 Å². The number of halogens is 1. The molecule has 0 amide bonds. The van der Waals surface area contributed by atoms with Crippen molar-refractivity contribution >= 4 is 44.7 Å². The molecule has 0 saturated carbocycles. The maximum atomic E-state index is 13.1. The maximum absolute atomic E-state index is 13.1. The Morgan fingerprint density at radius 3 is 2.75 bits per heavy atom. The monoisotopic (exact) mass is 373 g/mol. The van der Waals surface area contributed by atoms with Crippen LogP contribution in [0.4, 0.5) is 4.39 Å². The van der Waals surface area contributed by atoms with E-state index >= 15 is 0 Å². The summed E-state index contributed by atoms with van der Waals surface area (Å²) in [4.78, 5) is 14.3. The fraction of sp³-hybridized carbons (Fsp3) is 0.118. The van der Waals surface area contributed by atoms with Gasteiger partial charge in [0.25, 0.3) is 0 Å². The van der Waals surface area contributed by atoms with Crippen molar-refractivity contribution in [3.63, 3.8) is 0 Å². The van der Waals surface area contributed by atoms with Crippen LogP contribution in [0.15, 0.2) is 47.1 Å². The van der Waals surface area contributed by atoms with Gasteiger partial charge in [-0.05, 0) is 30.7 Å². The van der Waals surface area contributed by atoms with E-state index in [0.717, 1.165) is 42.1 Å². The van der Waals surface area contributed by atoms with Crippen molar-refractivity contribution < 1.29 is 4.39 Å². The van der Waals surface area contributed by atoms with Crippen molar-refractivity contribution in [3.8, 4) is 10.4 Å². The Morgan fingerprint density at radius 1 is 1.17 bits per heavy atom. The Bertz CT molecular complexity index is 992. The highest BCUT2D eigenvalue weighted by Gasteiger charge is 2.11. The second-order valence-electron chi connectivity index (χ2n) is 5.16. The van der Waals surface area contributed by atoms with Crippen LogP contribution in [0.1, 0.15) is 10.7 Å². The Balaban J connectivity index is 1.65. The van der Waals surface area contributed by atoms with Crippen LogP contribution in [0.25, 0.3) is 20.7 Å². The quantitative estimate of drug-likeness (QED) is 0.347. The van der Waals surface area contributed by atoms with E-state index in [9.17, 15) is 4.39 Å². The number of benzene rings is 1. The summed E-state index contributed by atoms with van der Waals surface area (Å²) in [5.41, 5.74) is 2.99. The average molecular weight is 374 g/mol. The lowest BCUT2D eigenvalue weighted by Crippen LogP contribution is -1.85. The van der Waals surface area contributed by atoms with E-state index in [1.54, 1.807) is 52.9 Å². The van der Waals surface area contributed by atoms with Gasteiger partial charge in [-0.25, -0.2) is 19.3 Å². The molecule has 1 aromatic carbocycles. The lowest BCUT2D eigenvalue weighted by Gasteiger charge is -1.99. The first-order valence-corrected chi connectivity index (χ1v) is 9.91. The number of hydrogen-bond donors (Lipinski definition) is 0. The van der Waals surface area contributed by atoms with E-state index in [-0.39, 0.29) is 5.82 Å². The Labute approximate surface area is 150 Å². The molecule has 0 radical (unpaired) electrons. The molecule has 0 aliphatic rings. The molecule has 0 atom stereocenters. The molecule has 7 heteroatoms. The Hall–Kier alpha value is -1.83. The second kappa shape index (κ2) is 6.58. The van der Waals surface area contributed by atoms with Crippen LogP contribution < -0.4 is 0 Å². The zero-order valence-electron chi connectivity index (χ0n) is 12.7. The number of thiophene rings is 1. The first kappa shape index (κ1) is 15.7. The molecule has 4 rings (SSSR count). The van der Waals surface area contributed by atoms with Crippen LogP contribution in [-0.4, -0.2) is 15.0 Å². The molecule has 0 aliphatic heterocycles. The number of fused-ring (bicyclic) bond motifs is 1. The fourth-order valence-corrected chi connectivity index (χ4v) is 5.12. The molecule has 0 bridgehead atoms. The number of thiazole rings is 1. The fourth-order valence-electron chi connectivity index (χ4n) is 2.31. The lowest BCUT2D eigenvalue weighted by atomic mass is 10.2. The molecule has 120 valence electrons. The highest BCUT2D eigenvalue weighted by atomic mass is 32.2. The molecule has 0 unspecified atom stereocenters. The Morgan fingerprint density at radius 2 is 2.00 bits per heavy atom. The van der Waals surface area contributed by atoms with Gasteiger partial charge >= 0.3 is 0 Å². The normalized spacial score (nSPS) is 11.2. The smallest absolute Gasteiger partial charge is 0.123 e. The minimum absolute atomic E-state index is 0.227. The Kier molecular flexibility index (Phi) is 4.30. The molecule has 3 heterocycles. The van der Waals surface area contributed by atoms with Gasteiger partial charge in [0.2, 0.25) is 0 Å². The molecule has 24 heavy (non-hydrogen) atoms. The summed E-state index contributed by atoms with van der Waals surface area (Å²) in [6.07, 6.45) is 1.60. The van der Waals surface area contributed by atoms with Crippen molar-refractivity contribution in [2.75, 3.05) is 0 Å². The van der Waals surface area contributed by atoms with Gasteiger partial charge in [-0.3, -0.25) is 0 Å². The van der Waals surface area contributed by atoms with Gasteiger partial charge in [0.05, 0.1) is 20.9 Å². The zero-order valence-corrected chi connectivity index (χ0v) is 15.1. The summed E-state index contributed by atoms with van der Waals surface area (Å²) in [6, 6.07) is 8.57. The molecular weight excluding hydrogens is 361 g/mol. The lowest BCUT2D eigenvalue weighted by molar-refractivity contribution is 0.628. The van der Waals surface area contributed by atoms with E-state index in [2.05, 4.69) is 20.3 Å². The van der Waals surface area contributed by atoms with E-state index < -0.39 is 0 Å². The van der Waals surface area contributed by atoms with Gasteiger partial charge in [-0.15, -0.1) is 22.7 Å². The van der Waals surface area contributed by atoms with Crippen LogP contribution in [0.2, 0.25) is 0 Å². The molecule has 0 fully saturated rings. The summed E-state index contributed by atoms with van der Waals surface area (Å²) in [5.74, 6) is 0.565. The third kappa shape index (κ3) is 3.19. The second-order valence-corrected chi connectivity index (χ2v) is 8.24. The van der Waals surface area contributed by atoms with Gasteiger partial charge in [0.15, 0.2) is 0 Å². The standard InChI is InChI=1S/C17H12FN3S3/c1-10-21-13(7-22-10)8-23-17-16-14(19-9-20-17)6-15(24-16)11-2-4-12(18)5-3-11/h2-7,9H,8H2,1H3. The molecule has 3 aromatic heterocycles. The van der Waals surface area contributed by atoms with Crippen LogP contribution in [-0.2, 0) is 5.75 Å². The van der Waals surface area contributed by atoms with Crippen LogP contribution >= 0.6 is 34.4 Å². The SMILES string of the molecule is Cc1nc(CSc2ncnc3cc(-c4ccc(F)cc4)sc23)cs1. The first-order valence-electron chi connectivity index (χ1n) is 7.23. The van der Waals surface area contributed by atoms with Crippen molar-refractivity contribution in [2.24, 2.45) is 0 Å². The largest absolute Gasteiger partial charge is 0.246 e. The minimum Gasteiger partial charge on any atom is -0.246 e. The maximum Gasteiger partial charge on any atom is 0.123 e. The highest BCUT2D eigenvalue weighted by Crippen LogP contribution is 2.37. The van der Waals surface area contributed by atoms with Crippen LogP contribution in [0.3, 0.4) is 0 Å². The van der Waals surface area contributed by atoms with Crippen molar-refractivity contribution in [3.05, 3.63) is 58.6 Å². The van der Waals surface area contributed by atoms with Gasteiger partial charge < -0.3 is 0 Å². The molecule has 0 N–H and O–H groups in total. The number of nitrogens with zero attached hydrogens (tertiary/aromatic N) is 3. The molecule has 3 nitrogen and oxygen atoms in total. The summed E-state index contributed by atoms with van der Waals surface area (Å²) >= 11 is 4.97. The van der Waals surface area contributed by atoms with E-state index in [4.69, 9.17) is 0 Å². The average Bonchev–Trinajstić information content (AvgIpc) is 3.20. The van der Waals surface area contributed by atoms with E-state index in [0.29, 0.717) is 0 Å². The van der Waals surface area contributed by atoms with Gasteiger partial charge in [0.1, 0.15) is 17.2 Å². The van der Waals surface area contributed by atoms with Gasteiger partial charge in [0, 0.05) is 16.0 Å². The summed E-state index contributed by atoms with van der Waals surface area (Å²) in [7, 11) is 0. The summed E-state index contributed by atoms with van der Waals surface area (Å²) in [5, 5.41) is 4.12. The van der Waals surface area contributed by atoms with E-state index in [1.165, 1.54) is 12.1 Å². The third-order valence-corrected chi connectivity index (χ3v) is 6.59. The third-order valence-electron chi connectivity index (χ3n) is 3.43. The number of thioether (sulfide) groups is 1. The number of aryl methyl sites for hydroxylation is 1. The van der Waals surface area contributed by atoms with Crippen molar-refractivity contribution in [1.29, 1.82) is 0 Å². The summed E-state index contributed by atoms with van der Waals surface area (Å²) in [6.45, 7) is 2.01. The molecular formula is C17H12FN3S3. The zero-order chi connectivity index (χ0) is 16.5. The van der Waals surface area contributed by atoms with Gasteiger partial charge in [-0.2, -0.15) is 0 Å². The predicted molar refractivity (Wildman–Crippen MR) is 99.2 cm³/mol. The first-order chi connectivity index (χ1) is 11.7. The van der Waals surface area contributed by atoms with Crippen LogP contribution in [0, 0.1) is 12.7 Å². The van der Waals surface area contributed by atoms with E-state index in [1.807, 2.05) is 13.0 Å².